The molecule has 0 radical (unpaired) electrons. The maximum Gasteiger partial charge on any atom is 0.253 e. The molecule has 116 valence electrons. The van der Waals surface area contributed by atoms with Gasteiger partial charge in [-0.3, -0.25) is 4.79 Å². The highest BCUT2D eigenvalue weighted by Crippen LogP contribution is 2.19. The fourth-order valence-corrected chi connectivity index (χ4v) is 2.69. The van der Waals surface area contributed by atoms with Gasteiger partial charge in [-0.1, -0.05) is 6.92 Å². The summed E-state index contributed by atoms with van der Waals surface area (Å²) in [4.78, 5) is 18.6. The normalized spacial score (nSPS) is 21.9. The molecular weight excluding hydrogens is 266 g/mol. The minimum absolute atomic E-state index is 0.0754. The predicted molar refractivity (Wildman–Crippen MR) is 83.5 cm³/mol. The summed E-state index contributed by atoms with van der Waals surface area (Å²) >= 11 is 0. The van der Waals surface area contributed by atoms with Gasteiger partial charge in [-0.05, 0) is 44.2 Å². The number of hydrogen-bond donors (Lipinski definition) is 2. The lowest BCUT2D eigenvalue weighted by Crippen LogP contribution is -2.38. The zero-order valence-corrected chi connectivity index (χ0v) is 12.9. The number of nitrogens with one attached hydrogen (secondary N) is 1. The molecule has 5 nitrogen and oxygen atoms in total. The van der Waals surface area contributed by atoms with Crippen molar-refractivity contribution in [3.05, 3.63) is 23.9 Å². The third-order valence-corrected chi connectivity index (χ3v) is 3.99. The maximum atomic E-state index is 12.2. The van der Waals surface area contributed by atoms with Crippen LogP contribution >= 0.6 is 0 Å². The molecule has 0 unspecified atom stereocenters. The van der Waals surface area contributed by atoms with Crippen molar-refractivity contribution in [1.82, 2.24) is 10.3 Å². The summed E-state index contributed by atoms with van der Waals surface area (Å²) in [6.07, 6.45) is 5.72. The van der Waals surface area contributed by atoms with Crippen LogP contribution in [0.2, 0.25) is 0 Å². The number of amides is 1. The van der Waals surface area contributed by atoms with Crippen molar-refractivity contribution in [2.75, 3.05) is 18.5 Å². The minimum atomic E-state index is -0.201. The SMILES string of the molecule is CCCN(C)c1ccc(C(=O)NC2CCC(O)CC2)cn1. The fourth-order valence-electron chi connectivity index (χ4n) is 2.69. The second kappa shape index (κ2) is 7.41. The predicted octanol–water partition coefficient (Wildman–Crippen LogP) is 1.96. The van der Waals surface area contributed by atoms with Crippen molar-refractivity contribution in [2.24, 2.45) is 0 Å². The molecule has 2 N–H and O–H groups in total. The second-order valence-electron chi connectivity index (χ2n) is 5.81. The Morgan fingerprint density at radius 3 is 2.67 bits per heavy atom. The van der Waals surface area contributed by atoms with E-state index in [0.717, 1.165) is 44.5 Å². The quantitative estimate of drug-likeness (QED) is 0.870. The van der Waals surface area contributed by atoms with E-state index in [-0.39, 0.29) is 18.1 Å². The summed E-state index contributed by atoms with van der Waals surface area (Å²) < 4.78 is 0. The van der Waals surface area contributed by atoms with Crippen LogP contribution in [0, 0.1) is 0 Å². The van der Waals surface area contributed by atoms with Gasteiger partial charge < -0.3 is 15.3 Å². The van der Waals surface area contributed by atoms with Gasteiger partial charge in [0.2, 0.25) is 0 Å². The third kappa shape index (κ3) is 4.43. The van der Waals surface area contributed by atoms with E-state index in [1.165, 1.54) is 0 Å². The van der Waals surface area contributed by atoms with Gasteiger partial charge in [0, 0.05) is 25.8 Å². The molecule has 1 fully saturated rings. The number of nitrogens with zero attached hydrogens (tertiary/aromatic N) is 2. The Morgan fingerprint density at radius 1 is 1.38 bits per heavy atom. The number of rotatable bonds is 5. The molecule has 21 heavy (non-hydrogen) atoms. The average Bonchev–Trinajstić information content (AvgIpc) is 2.50. The number of aliphatic hydroxyl groups excluding tert-OH is 1. The monoisotopic (exact) mass is 291 g/mol. The molecule has 5 heteroatoms. The van der Waals surface area contributed by atoms with E-state index in [9.17, 15) is 9.90 Å². The number of aromatic nitrogens is 1. The molecule has 1 heterocycles. The first kappa shape index (κ1) is 15.8. The number of carbonyl (C=O) groups is 1. The van der Waals surface area contributed by atoms with E-state index in [4.69, 9.17) is 0 Å². The van der Waals surface area contributed by atoms with Crippen molar-refractivity contribution in [2.45, 2.75) is 51.2 Å². The number of anilines is 1. The average molecular weight is 291 g/mol. The van der Waals surface area contributed by atoms with Gasteiger partial charge in [0.25, 0.3) is 5.91 Å². The first-order chi connectivity index (χ1) is 10.1. The maximum absolute atomic E-state index is 12.2. The second-order valence-corrected chi connectivity index (χ2v) is 5.81. The molecule has 1 aromatic rings. The van der Waals surface area contributed by atoms with E-state index in [0.29, 0.717) is 5.56 Å². The Morgan fingerprint density at radius 2 is 2.10 bits per heavy atom. The zero-order chi connectivity index (χ0) is 15.2. The molecular formula is C16H25N3O2. The summed E-state index contributed by atoms with van der Waals surface area (Å²) in [5.74, 6) is 0.808. The van der Waals surface area contributed by atoms with Crippen LogP contribution in [-0.4, -0.2) is 41.7 Å². The number of aliphatic hydroxyl groups is 1. The van der Waals surface area contributed by atoms with Crippen LogP contribution in [0.25, 0.3) is 0 Å². The lowest BCUT2D eigenvalue weighted by molar-refractivity contribution is 0.0867. The molecule has 0 spiro atoms. The molecule has 0 aromatic carbocycles. The van der Waals surface area contributed by atoms with Crippen LogP contribution < -0.4 is 10.2 Å². The highest BCUT2D eigenvalue weighted by atomic mass is 16.3. The van der Waals surface area contributed by atoms with E-state index in [1.807, 2.05) is 19.2 Å². The first-order valence-corrected chi connectivity index (χ1v) is 7.76. The minimum Gasteiger partial charge on any atom is -0.393 e. The molecule has 0 bridgehead atoms. The van der Waals surface area contributed by atoms with Crippen molar-refractivity contribution < 1.29 is 9.90 Å². The summed E-state index contributed by atoms with van der Waals surface area (Å²) in [6.45, 7) is 3.07. The van der Waals surface area contributed by atoms with Crippen molar-refractivity contribution in [3.63, 3.8) is 0 Å². The van der Waals surface area contributed by atoms with Gasteiger partial charge in [0.15, 0.2) is 0 Å². The van der Waals surface area contributed by atoms with Crippen LogP contribution in [-0.2, 0) is 0 Å². The molecule has 2 rings (SSSR count). The van der Waals surface area contributed by atoms with Crippen LogP contribution in [0.4, 0.5) is 5.82 Å². The fraction of sp³-hybridized carbons (Fsp3) is 0.625. The van der Waals surface area contributed by atoms with Gasteiger partial charge >= 0.3 is 0 Å². The van der Waals surface area contributed by atoms with Crippen molar-refractivity contribution in [1.29, 1.82) is 0 Å². The van der Waals surface area contributed by atoms with Crippen molar-refractivity contribution in [3.8, 4) is 0 Å². The van der Waals surface area contributed by atoms with E-state index < -0.39 is 0 Å². The first-order valence-electron chi connectivity index (χ1n) is 7.76. The van der Waals surface area contributed by atoms with E-state index in [1.54, 1.807) is 6.20 Å². The number of pyridine rings is 1. The lowest BCUT2D eigenvalue weighted by atomic mass is 9.93. The lowest BCUT2D eigenvalue weighted by Gasteiger charge is -2.26. The topological polar surface area (TPSA) is 65.5 Å². The largest absolute Gasteiger partial charge is 0.393 e. The molecule has 1 aliphatic rings. The summed E-state index contributed by atoms with van der Waals surface area (Å²) in [5, 5.41) is 12.5. The molecule has 0 aliphatic heterocycles. The van der Waals surface area contributed by atoms with Crippen LogP contribution in [0.3, 0.4) is 0 Å². The van der Waals surface area contributed by atoms with Gasteiger partial charge in [0.05, 0.1) is 11.7 Å². The highest BCUT2D eigenvalue weighted by Gasteiger charge is 2.21. The molecule has 1 aromatic heterocycles. The Hall–Kier alpha value is -1.62. The molecule has 1 aliphatic carbocycles. The smallest absolute Gasteiger partial charge is 0.253 e. The molecule has 1 amide bonds. The molecule has 0 saturated heterocycles. The Labute approximate surface area is 126 Å². The Balaban J connectivity index is 1.90. The molecule has 1 saturated carbocycles. The van der Waals surface area contributed by atoms with Gasteiger partial charge in [-0.2, -0.15) is 0 Å². The standard InChI is InChI=1S/C16H25N3O2/c1-3-10-19(2)15-9-4-12(11-17-15)16(21)18-13-5-7-14(20)8-6-13/h4,9,11,13-14,20H,3,5-8,10H2,1-2H3,(H,18,21). The highest BCUT2D eigenvalue weighted by molar-refractivity contribution is 5.94. The van der Waals surface area contributed by atoms with E-state index in [2.05, 4.69) is 22.1 Å². The summed E-state index contributed by atoms with van der Waals surface area (Å²) in [5.41, 5.74) is 0.592. The zero-order valence-electron chi connectivity index (χ0n) is 12.9. The Kier molecular flexibility index (Phi) is 5.56. The van der Waals surface area contributed by atoms with Crippen LogP contribution in [0.5, 0.6) is 0 Å². The summed E-state index contributed by atoms with van der Waals surface area (Å²) in [6, 6.07) is 3.87. The van der Waals surface area contributed by atoms with Crippen molar-refractivity contribution >= 4 is 11.7 Å². The number of carbonyl (C=O) groups excluding carboxylic acids is 1. The summed E-state index contributed by atoms with van der Waals surface area (Å²) in [7, 11) is 2.00. The Bertz CT molecular complexity index is 453. The van der Waals surface area contributed by atoms with Gasteiger partial charge in [-0.15, -0.1) is 0 Å². The van der Waals surface area contributed by atoms with Crippen LogP contribution in [0.15, 0.2) is 18.3 Å². The van der Waals surface area contributed by atoms with Gasteiger partial charge in [-0.25, -0.2) is 4.98 Å². The third-order valence-electron chi connectivity index (χ3n) is 3.99. The number of hydrogen-bond acceptors (Lipinski definition) is 4. The van der Waals surface area contributed by atoms with E-state index >= 15 is 0 Å². The van der Waals surface area contributed by atoms with Crippen LogP contribution in [0.1, 0.15) is 49.4 Å². The van der Waals surface area contributed by atoms with Gasteiger partial charge in [0.1, 0.15) is 5.82 Å². The molecule has 0 atom stereocenters.